The highest BCUT2D eigenvalue weighted by Crippen LogP contribution is 2.17. The van der Waals surface area contributed by atoms with E-state index in [2.05, 4.69) is 5.32 Å². The van der Waals surface area contributed by atoms with Crippen LogP contribution in [-0.2, 0) is 14.3 Å². The molecular formula is C15H18FNO4. The first kappa shape index (κ1) is 15.4. The van der Waals surface area contributed by atoms with Crippen molar-refractivity contribution in [3.63, 3.8) is 0 Å². The lowest BCUT2D eigenvalue weighted by Crippen LogP contribution is -2.33. The molecule has 1 N–H and O–H groups in total. The van der Waals surface area contributed by atoms with E-state index in [1.54, 1.807) is 12.1 Å². The second kappa shape index (κ2) is 7.17. The molecule has 6 heteroatoms. The van der Waals surface area contributed by atoms with E-state index in [0.717, 1.165) is 0 Å². The van der Waals surface area contributed by atoms with Gasteiger partial charge in [-0.1, -0.05) is 12.1 Å². The van der Waals surface area contributed by atoms with E-state index in [9.17, 15) is 14.0 Å². The van der Waals surface area contributed by atoms with Crippen LogP contribution < -0.4 is 10.1 Å². The molecule has 2 unspecified atom stereocenters. The molecule has 0 radical (unpaired) electrons. The Balaban J connectivity index is 1.68. The largest absolute Gasteiger partial charge is 0.487 e. The van der Waals surface area contributed by atoms with E-state index in [1.807, 2.05) is 0 Å². The molecule has 0 bridgehead atoms. The van der Waals surface area contributed by atoms with Gasteiger partial charge in [-0.05, 0) is 25.5 Å². The zero-order chi connectivity index (χ0) is 15.2. The average Bonchev–Trinajstić information content (AvgIpc) is 2.95. The van der Waals surface area contributed by atoms with Gasteiger partial charge < -0.3 is 14.8 Å². The molecule has 114 valence electrons. The fourth-order valence-corrected chi connectivity index (χ4v) is 2.18. The summed E-state index contributed by atoms with van der Waals surface area (Å²) in [7, 11) is 0. The molecule has 1 aliphatic heterocycles. The maximum atomic E-state index is 13.3. The number of hydrogen-bond acceptors (Lipinski definition) is 5. The van der Waals surface area contributed by atoms with Gasteiger partial charge in [0.15, 0.2) is 11.6 Å². The van der Waals surface area contributed by atoms with E-state index >= 15 is 0 Å². The number of rotatable bonds is 6. The molecule has 2 atom stereocenters. The van der Waals surface area contributed by atoms with Crippen LogP contribution in [0.2, 0.25) is 0 Å². The van der Waals surface area contributed by atoms with E-state index in [1.165, 1.54) is 19.1 Å². The van der Waals surface area contributed by atoms with Crippen LogP contribution in [0.25, 0.3) is 0 Å². The number of carbonyl (C=O) groups excluding carboxylic acids is 2. The molecule has 0 amide bonds. The summed E-state index contributed by atoms with van der Waals surface area (Å²) in [6, 6.07) is 5.58. The van der Waals surface area contributed by atoms with Crippen molar-refractivity contribution in [1.82, 2.24) is 5.32 Å². The molecule has 5 nitrogen and oxygen atoms in total. The molecule has 0 spiro atoms. The minimum absolute atomic E-state index is 0.0378. The zero-order valence-corrected chi connectivity index (χ0v) is 11.8. The summed E-state index contributed by atoms with van der Waals surface area (Å²) in [6.45, 7) is 2.13. The molecule has 0 saturated carbocycles. The molecule has 1 aliphatic rings. The molecular weight excluding hydrogens is 277 g/mol. The van der Waals surface area contributed by atoms with Crippen molar-refractivity contribution in [1.29, 1.82) is 0 Å². The maximum absolute atomic E-state index is 13.3. The van der Waals surface area contributed by atoms with Crippen molar-refractivity contribution in [2.45, 2.75) is 19.4 Å². The van der Waals surface area contributed by atoms with Crippen molar-refractivity contribution >= 4 is 11.8 Å². The van der Waals surface area contributed by atoms with E-state index in [4.69, 9.17) is 9.47 Å². The molecule has 1 heterocycles. The Morgan fingerprint density at radius 1 is 1.33 bits per heavy atom. The maximum Gasteiger partial charge on any atom is 0.323 e. The Kier molecular flexibility index (Phi) is 5.27. The SMILES string of the molecule is CC(=O)C1CNC(C(=O)OCCOc2ccccc2F)C1. The number of esters is 1. The van der Waals surface area contributed by atoms with Gasteiger partial charge in [-0.15, -0.1) is 0 Å². The molecule has 2 rings (SSSR count). The third-order valence-corrected chi connectivity index (χ3v) is 3.41. The Hall–Kier alpha value is -1.95. The summed E-state index contributed by atoms with van der Waals surface area (Å²) in [4.78, 5) is 23.0. The fraction of sp³-hybridized carbons (Fsp3) is 0.467. The topological polar surface area (TPSA) is 64.6 Å². The number of para-hydroxylation sites is 1. The third-order valence-electron chi connectivity index (χ3n) is 3.41. The van der Waals surface area contributed by atoms with Crippen LogP contribution in [0.5, 0.6) is 5.75 Å². The van der Waals surface area contributed by atoms with E-state index < -0.39 is 17.8 Å². The lowest BCUT2D eigenvalue weighted by molar-refractivity contribution is -0.146. The molecule has 1 aromatic carbocycles. The molecule has 1 saturated heterocycles. The summed E-state index contributed by atoms with van der Waals surface area (Å²) >= 11 is 0. The molecule has 0 aromatic heterocycles. The number of ether oxygens (including phenoxy) is 2. The summed E-state index contributed by atoms with van der Waals surface area (Å²) in [6.07, 6.45) is 0.461. The van der Waals surface area contributed by atoms with Gasteiger partial charge in [0, 0.05) is 12.5 Å². The monoisotopic (exact) mass is 295 g/mol. The van der Waals surface area contributed by atoms with Crippen LogP contribution in [-0.4, -0.2) is 37.6 Å². The van der Waals surface area contributed by atoms with Gasteiger partial charge in [-0.3, -0.25) is 9.59 Å². The summed E-state index contributed by atoms with van der Waals surface area (Å²) in [5.74, 6) is -0.788. The lowest BCUT2D eigenvalue weighted by Gasteiger charge is -2.11. The average molecular weight is 295 g/mol. The fourth-order valence-electron chi connectivity index (χ4n) is 2.18. The smallest absolute Gasteiger partial charge is 0.323 e. The van der Waals surface area contributed by atoms with Crippen LogP contribution in [0.15, 0.2) is 24.3 Å². The number of Topliss-reactive ketones (excluding diaryl/α,β-unsaturated/α-hetero) is 1. The third kappa shape index (κ3) is 4.26. The van der Waals surface area contributed by atoms with Gasteiger partial charge in [0.05, 0.1) is 0 Å². The standard InChI is InChI=1S/C15H18FNO4/c1-10(18)11-8-13(17-9-11)15(19)21-7-6-20-14-5-3-2-4-12(14)16/h2-5,11,13,17H,6-9H2,1H3. The van der Waals surface area contributed by atoms with Crippen molar-refractivity contribution in [3.05, 3.63) is 30.1 Å². The Morgan fingerprint density at radius 2 is 2.10 bits per heavy atom. The van der Waals surface area contributed by atoms with Gasteiger partial charge in [0.2, 0.25) is 0 Å². The minimum atomic E-state index is -0.453. The minimum Gasteiger partial charge on any atom is -0.487 e. The van der Waals surface area contributed by atoms with Gasteiger partial charge in [0.25, 0.3) is 0 Å². The molecule has 1 fully saturated rings. The Morgan fingerprint density at radius 3 is 2.76 bits per heavy atom. The van der Waals surface area contributed by atoms with E-state index in [0.29, 0.717) is 13.0 Å². The Bertz CT molecular complexity index is 520. The first-order valence-electron chi connectivity index (χ1n) is 6.85. The second-order valence-electron chi connectivity index (χ2n) is 4.95. The van der Waals surface area contributed by atoms with Crippen LogP contribution in [0.4, 0.5) is 4.39 Å². The lowest BCUT2D eigenvalue weighted by atomic mass is 10.0. The highest BCUT2D eigenvalue weighted by atomic mass is 19.1. The number of ketones is 1. The number of nitrogens with one attached hydrogen (secondary N) is 1. The molecule has 21 heavy (non-hydrogen) atoms. The van der Waals surface area contributed by atoms with Crippen LogP contribution in [0.1, 0.15) is 13.3 Å². The van der Waals surface area contributed by atoms with Crippen molar-refractivity contribution < 1.29 is 23.5 Å². The highest BCUT2D eigenvalue weighted by molar-refractivity contribution is 5.82. The quantitative estimate of drug-likeness (QED) is 0.633. The molecule has 1 aromatic rings. The van der Waals surface area contributed by atoms with Crippen LogP contribution in [0.3, 0.4) is 0 Å². The second-order valence-corrected chi connectivity index (χ2v) is 4.95. The number of halogens is 1. The van der Waals surface area contributed by atoms with Crippen molar-refractivity contribution in [2.24, 2.45) is 5.92 Å². The zero-order valence-electron chi connectivity index (χ0n) is 11.8. The molecule has 0 aliphatic carbocycles. The number of benzene rings is 1. The van der Waals surface area contributed by atoms with Crippen molar-refractivity contribution in [2.75, 3.05) is 19.8 Å². The van der Waals surface area contributed by atoms with Gasteiger partial charge in [-0.25, -0.2) is 4.39 Å². The van der Waals surface area contributed by atoms with Gasteiger partial charge in [-0.2, -0.15) is 0 Å². The van der Waals surface area contributed by atoms with Crippen molar-refractivity contribution in [3.8, 4) is 5.75 Å². The number of hydrogen-bond donors (Lipinski definition) is 1. The normalized spacial score (nSPS) is 21.0. The van der Waals surface area contributed by atoms with Gasteiger partial charge in [0.1, 0.15) is 25.0 Å². The summed E-state index contributed by atoms with van der Waals surface area (Å²) in [5, 5.41) is 2.96. The first-order valence-corrected chi connectivity index (χ1v) is 6.85. The predicted octanol–water partition coefficient (Wildman–Crippen LogP) is 1.31. The number of carbonyl (C=O) groups is 2. The summed E-state index contributed by atoms with van der Waals surface area (Å²) < 4.78 is 23.5. The van der Waals surface area contributed by atoms with E-state index in [-0.39, 0.29) is 30.7 Å². The summed E-state index contributed by atoms with van der Waals surface area (Å²) in [5.41, 5.74) is 0. The van der Waals surface area contributed by atoms with Gasteiger partial charge >= 0.3 is 5.97 Å². The highest BCUT2D eigenvalue weighted by Gasteiger charge is 2.32. The first-order chi connectivity index (χ1) is 10.1. The van der Waals surface area contributed by atoms with Crippen LogP contribution >= 0.6 is 0 Å². The predicted molar refractivity (Wildman–Crippen MR) is 73.4 cm³/mol. The van der Waals surface area contributed by atoms with Crippen LogP contribution in [0, 0.1) is 11.7 Å². The Labute approximate surface area is 122 Å².